The van der Waals surface area contributed by atoms with Crippen molar-refractivity contribution in [2.24, 2.45) is 5.92 Å². The Morgan fingerprint density at radius 2 is 2.04 bits per heavy atom. The lowest BCUT2D eigenvalue weighted by atomic mass is 10.1. The normalized spacial score (nSPS) is 15.2. The molecule has 120 valence electrons. The van der Waals surface area contributed by atoms with E-state index in [2.05, 4.69) is 4.98 Å². The van der Waals surface area contributed by atoms with Crippen LogP contribution in [-0.2, 0) is 4.79 Å². The first-order valence-electron chi connectivity index (χ1n) is 7.61. The van der Waals surface area contributed by atoms with Gasteiger partial charge in [-0.05, 0) is 12.8 Å². The zero-order chi connectivity index (χ0) is 16.4. The zero-order valence-electron chi connectivity index (χ0n) is 12.8. The van der Waals surface area contributed by atoms with Crippen LogP contribution in [0.15, 0.2) is 36.5 Å². The van der Waals surface area contributed by atoms with Crippen molar-refractivity contribution in [3.8, 4) is 10.6 Å². The van der Waals surface area contributed by atoms with Gasteiger partial charge in [0.2, 0.25) is 0 Å². The standard InChI is InChI=1S/C17H18N2O3S/c1-11(17(21)22)10-19(13-7-8-13)16(20)14-9-18-15(23-14)12-5-3-2-4-6-12/h2-6,9,11,13H,7-8,10H2,1H3,(H,21,22). The number of amides is 1. The van der Waals surface area contributed by atoms with E-state index in [4.69, 9.17) is 5.11 Å². The molecule has 0 aliphatic heterocycles. The number of aromatic nitrogens is 1. The number of carbonyl (C=O) groups excluding carboxylic acids is 1. The van der Waals surface area contributed by atoms with E-state index in [0.29, 0.717) is 4.88 Å². The Hall–Kier alpha value is -2.21. The third-order valence-electron chi connectivity index (χ3n) is 3.88. The van der Waals surface area contributed by atoms with E-state index in [1.54, 1.807) is 18.0 Å². The van der Waals surface area contributed by atoms with Gasteiger partial charge < -0.3 is 10.0 Å². The summed E-state index contributed by atoms with van der Waals surface area (Å²) in [5.74, 6) is -1.56. The van der Waals surface area contributed by atoms with Crippen LogP contribution in [0, 0.1) is 5.92 Å². The second-order valence-corrected chi connectivity index (χ2v) is 6.85. The maximum Gasteiger partial charge on any atom is 0.308 e. The monoisotopic (exact) mass is 330 g/mol. The van der Waals surface area contributed by atoms with Crippen LogP contribution in [0.2, 0.25) is 0 Å². The quantitative estimate of drug-likeness (QED) is 0.883. The maximum absolute atomic E-state index is 12.7. The largest absolute Gasteiger partial charge is 0.481 e. The van der Waals surface area contributed by atoms with Gasteiger partial charge in [-0.1, -0.05) is 37.3 Å². The van der Waals surface area contributed by atoms with Crippen LogP contribution in [0.3, 0.4) is 0 Å². The van der Waals surface area contributed by atoms with Crippen molar-refractivity contribution in [1.29, 1.82) is 0 Å². The van der Waals surface area contributed by atoms with Gasteiger partial charge >= 0.3 is 5.97 Å². The topological polar surface area (TPSA) is 70.5 Å². The SMILES string of the molecule is CC(CN(C(=O)c1cnc(-c2ccccc2)s1)C1CC1)C(=O)O. The third kappa shape index (κ3) is 3.59. The fraction of sp³-hybridized carbons (Fsp3) is 0.353. The molecule has 1 atom stereocenters. The lowest BCUT2D eigenvalue weighted by Crippen LogP contribution is -2.38. The number of aliphatic carboxylic acids is 1. The van der Waals surface area contributed by atoms with E-state index in [0.717, 1.165) is 23.4 Å². The number of thiazole rings is 1. The molecule has 6 heteroatoms. The van der Waals surface area contributed by atoms with Crippen molar-refractivity contribution >= 4 is 23.2 Å². The zero-order valence-corrected chi connectivity index (χ0v) is 13.6. The van der Waals surface area contributed by atoms with Crippen molar-refractivity contribution in [1.82, 2.24) is 9.88 Å². The second kappa shape index (κ2) is 6.50. The number of rotatable bonds is 6. The van der Waals surface area contributed by atoms with Crippen LogP contribution >= 0.6 is 11.3 Å². The molecule has 1 fully saturated rings. The molecular formula is C17H18N2O3S. The average molecular weight is 330 g/mol. The number of hydrogen-bond donors (Lipinski definition) is 1. The molecule has 1 aromatic heterocycles. The Bertz CT molecular complexity index is 710. The molecule has 1 amide bonds. The van der Waals surface area contributed by atoms with Crippen molar-refractivity contribution in [3.63, 3.8) is 0 Å². The highest BCUT2D eigenvalue weighted by molar-refractivity contribution is 7.16. The number of benzene rings is 1. The Kier molecular flexibility index (Phi) is 4.43. The highest BCUT2D eigenvalue weighted by atomic mass is 32.1. The average Bonchev–Trinajstić information content (AvgIpc) is 3.28. The molecule has 1 aliphatic rings. The molecule has 1 saturated carbocycles. The summed E-state index contributed by atoms with van der Waals surface area (Å²) in [6.07, 6.45) is 3.49. The minimum atomic E-state index is -0.877. The van der Waals surface area contributed by atoms with Gasteiger partial charge in [0.15, 0.2) is 0 Å². The second-order valence-electron chi connectivity index (χ2n) is 5.82. The van der Waals surface area contributed by atoms with Gasteiger partial charge in [-0.25, -0.2) is 4.98 Å². The van der Waals surface area contributed by atoms with Gasteiger partial charge in [0.05, 0.1) is 12.1 Å². The Morgan fingerprint density at radius 3 is 2.65 bits per heavy atom. The first-order chi connectivity index (χ1) is 11.1. The van der Waals surface area contributed by atoms with Gasteiger partial charge in [0.25, 0.3) is 5.91 Å². The molecule has 0 saturated heterocycles. The van der Waals surface area contributed by atoms with Crippen molar-refractivity contribution in [2.45, 2.75) is 25.8 Å². The van der Waals surface area contributed by atoms with Crippen LogP contribution in [0.5, 0.6) is 0 Å². The highest BCUT2D eigenvalue weighted by Gasteiger charge is 2.35. The predicted molar refractivity (Wildman–Crippen MR) is 88.4 cm³/mol. The minimum absolute atomic E-state index is 0.111. The summed E-state index contributed by atoms with van der Waals surface area (Å²) >= 11 is 1.35. The lowest BCUT2D eigenvalue weighted by molar-refractivity contribution is -0.141. The molecule has 3 rings (SSSR count). The van der Waals surface area contributed by atoms with Crippen molar-refractivity contribution in [2.75, 3.05) is 6.54 Å². The molecule has 1 heterocycles. The third-order valence-corrected chi connectivity index (χ3v) is 4.91. The molecule has 1 aromatic carbocycles. The summed E-state index contributed by atoms with van der Waals surface area (Å²) in [4.78, 5) is 30.4. The molecule has 0 spiro atoms. The van der Waals surface area contributed by atoms with E-state index in [1.165, 1.54) is 11.3 Å². The smallest absolute Gasteiger partial charge is 0.308 e. The maximum atomic E-state index is 12.7. The van der Waals surface area contributed by atoms with E-state index >= 15 is 0 Å². The van der Waals surface area contributed by atoms with Crippen LogP contribution < -0.4 is 0 Å². The molecular weight excluding hydrogens is 312 g/mol. The number of hydrogen-bond acceptors (Lipinski definition) is 4. The summed E-state index contributed by atoms with van der Waals surface area (Å²) in [7, 11) is 0. The Labute approximate surface area is 138 Å². The minimum Gasteiger partial charge on any atom is -0.481 e. The van der Waals surface area contributed by atoms with Gasteiger partial charge in [-0.2, -0.15) is 0 Å². The van der Waals surface area contributed by atoms with Crippen molar-refractivity contribution in [3.05, 3.63) is 41.4 Å². The van der Waals surface area contributed by atoms with Crippen LogP contribution in [0.25, 0.3) is 10.6 Å². The number of carboxylic acid groups (broad SMARTS) is 1. The Balaban J connectivity index is 1.78. The summed E-state index contributed by atoms with van der Waals surface area (Å²) in [6.45, 7) is 1.88. The number of carboxylic acids is 1. The van der Waals surface area contributed by atoms with Crippen LogP contribution in [0.4, 0.5) is 0 Å². The summed E-state index contributed by atoms with van der Waals surface area (Å²) in [5, 5.41) is 9.89. The highest BCUT2D eigenvalue weighted by Crippen LogP contribution is 2.31. The van der Waals surface area contributed by atoms with Gasteiger partial charge in [-0.15, -0.1) is 11.3 Å². The fourth-order valence-corrected chi connectivity index (χ4v) is 3.26. The first-order valence-corrected chi connectivity index (χ1v) is 8.43. The number of nitrogens with zero attached hydrogens (tertiary/aromatic N) is 2. The molecule has 0 bridgehead atoms. The summed E-state index contributed by atoms with van der Waals surface area (Å²) in [5.41, 5.74) is 0.980. The van der Waals surface area contributed by atoms with Gasteiger partial charge in [0, 0.05) is 18.2 Å². The molecule has 0 radical (unpaired) electrons. The molecule has 23 heavy (non-hydrogen) atoms. The molecule has 5 nitrogen and oxygen atoms in total. The summed E-state index contributed by atoms with van der Waals surface area (Å²) in [6, 6.07) is 9.89. The van der Waals surface area contributed by atoms with E-state index < -0.39 is 11.9 Å². The summed E-state index contributed by atoms with van der Waals surface area (Å²) < 4.78 is 0. The van der Waals surface area contributed by atoms with Crippen LogP contribution in [-0.4, -0.2) is 39.5 Å². The fourth-order valence-electron chi connectivity index (χ4n) is 2.39. The predicted octanol–water partition coefficient (Wildman–Crippen LogP) is 3.14. The molecule has 1 aliphatic carbocycles. The molecule has 1 unspecified atom stereocenters. The van der Waals surface area contributed by atoms with Crippen LogP contribution in [0.1, 0.15) is 29.4 Å². The first kappa shape index (κ1) is 15.7. The van der Waals surface area contributed by atoms with E-state index in [-0.39, 0.29) is 18.5 Å². The van der Waals surface area contributed by atoms with Crippen molar-refractivity contribution < 1.29 is 14.7 Å². The molecule has 1 N–H and O–H groups in total. The Morgan fingerprint density at radius 1 is 1.35 bits per heavy atom. The van der Waals surface area contributed by atoms with E-state index in [1.807, 2.05) is 30.3 Å². The lowest BCUT2D eigenvalue weighted by Gasteiger charge is -2.23. The van der Waals surface area contributed by atoms with Gasteiger partial charge in [0.1, 0.15) is 9.88 Å². The molecule has 2 aromatic rings. The van der Waals surface area contributed by atoms with Gasteiger partial charge in [-0.3, -0.25) is 9.59 Å². The van der Waals surface area contributed by atoms with E-state index in [9.17, 15) is 9.59 Å². The number of carbonyl (C=O) groups is 2.